The Kier molecular flexibility index (Phi) is 5.08. The Balaban J connectivity index is 1.67. The van der Waals surface area contributed by atoms with E-state index in [9.17, 15) is 5.11 Å². The van der Waals surface area contributed by atoms with Crippen LogP contribution in [-0.4, -0.2) is 26.2 Å². The first kappa shape index (κ1) is 18.2. The second-order valence-corrected chi connectivity index (χ2v) is 6.92. The topological polar surface area (TPSA) is 60.2 Å². The van der Waals surface area contributed by atoms with Crippen molar-refractivity contribution in [2.75, 3.05) is 6.61 Å². The van der Waals surface area contributed by atoms with E-state index >= 15 is 0 Å². The van der Waals surface area contributed by atoms with Crippen molar-refractivity contribution in [3.63, 3.8) is 0 Å². The zero-order valence-corrected chi connectivity index (χ0v) is 16.0. The molecule has 0 aliphatic carbocycles. The molecule has 5 nitrogen and oxygen atoms in total. The number of rotatable bonds is 6. The molecule has 2 aromatic carbocycles. The van der Waals surface area contributed by atoms with Crippen LogP contribution in [0.1, 0.15) is 24.2 Å². The molecule has 0 aliphatic heterocycles. The van der Waals surface area contributed by atoms with E-state index in [2.05, 4.69) is 18.0 Å². The van der Waals surface area contributed by atoms with Crippen molar-refractivity contribution in [2.24, 2.45) is 0 Å². The van der Waals surface area contributed by atoms with E-state index in [0.717, 1.165) is 45.6 Å². The number of aryl methyl sites for hydroxylation is 1. The van der Waals surface area contributed by atoms with E-state index in [1.54, 1.807) is 19.4 Å². The van der Waals surface area contributed by atoms with Crippen LogP contribution in [0.25, 0.3) is 22.2 Å². The summed E-state index contributed by atoms with van der Waals surface area (Å²) in [5.41, 5.74) is 4.71. The Hall–Kier alpha value is -3.18. The Morgan fingerprint density at radius 3 is 2.79 bits per heavy atom. The van der Waals surface area contributed by atoms with Gasteiger partial charge in [0.1, 0.15) is 12.4 Å². The van der Waals surface area contributed by atoms with Crippen LogP contribution in [0.5, 0.6) is 5.75 Å². The number of hydrogen-bond donors (Lipinski definition) is 1. The monoisotopic (exact) mass is 373 g/mol. The summed E-state index contributed by atoms with van der Waals surface area (Å²) >= 11 is 0. The highest BCUT2D eigenvalue weighted by Gasteiger charge is 2.11. The summed E-state index contributed by atoms with van der Waals surface area (Å²) in [7, 11) is 0. The van der Waals surface area contributed by atoms with Gasteiger partial charge < -0.3 is 14.4 Å². The number of nitrogens with zero attached hydrogens (tertiary/aromatic N) is 3. The molecule has 4 rings (SSSR count). The second kappa shape index (κ2) is 7.82. The van der Waals surface area contributed by atoms with Gasteiger partial charge in [0.25, 0.3) is 0 Å². The molecule has 1 atom stereocenters. The molecule has 1 unspecified atom stereocenters. The Morgan fingerprint density at radius 1 is 1.14 bits per heavy atom. The van der Waals surface area contributed by atoms with E-state index in [0.29, 0.717) is 6.61 Å². The summed E-state index contributed by atoms with van der Waals surface area (Å²) in [5.74, 6) is 0.806. The van der Waals surface area contributed by atoms with Gasteiger partial charge in [-0.25, -0.2) is 9.97 Å². The van der Waals surface area contributed by atoms with Crippen LogP contribution in [0.2, 0.25) is 0 Å². The predicted octanol–water partition coefficient (Wildman–Crippen LogP) is 4.54. The molecule has 142 valence electrons. The number of imidazole rings is 1. The molecule has 0 fully saturated rings. The number of para-hydroxylation sites is 1. The highest BCUT2D eigenvalue weighted by atomic mass is 16.5. The molecule has 0 saturated heterocycles. The third kappa shape index (κ3) is 3.75. The van der Waals surface area contributed by atoms with Crippen LogP contribution in [0.15, 0.2) is 67.3 Å². The minimum Gasteiger partial charge on any atom is -0.491 e. The van der Waals surface area contributed by atoms with Gasteiger partial charge >= 0.3 is 0 Å². The van der Waals surface area contributed by atoms with Crippen LogP contribution in [0.4, 0.5) is 0 Å². The van der Waals surface area contributed by atoms with Crippen molar-refractivity contribution < 1.29 is 9.84 Å². The fraction of sp³-hybridized carbons (Fsp3) is 0.217. The number of pyridine rings is 1. The highest BCUT2D eigenvalue weighted by molar-refractivity contribution is 5.86. The average Bonchev–Trinajstić information content (AvgIpc) is 3.21. The fourth-order valence-corrected chi connectivity index (χ4v) is 3.30. The summed E-state index contributed by atoms with van der Waals surface area (Å²) in [6, 6.07) is 16.0. The Morgan fingerprint density at radius 2 is 2.00 bits per heavy atom. The van der Waals surface area contributed by atoms with E-state index < -0.39 is 6.10 Å². The van der Waals surface area contributed by atoms with Crippen LogP contribution in [0, 0.1) is 6.92 Å². The molecule has 0 aliphatic rings. The summed E-state index contributed by atoms with van der Waals surface area (Å²) in [5, 5.41) is 11.0. The van der Waals surface area contributed by atoms with Crippen LogP contribution in [0.3, 0.4) is 0 Å². The maximum absolute atomic E-state index is 9.90. The summed E-state index contributed by atoms with van der Waals surface area (Å²) in [4.78, 5) is 8.91. The molecule has 0 radical (unpaired) electrons. The van der Waals surface area contributed by atoms with Crippen LogP contribution < -0.4 is 4.74 Å². The standard InChI is InChI=1S/C23H23N3O2/c1-16-13-21(25-22-14-18(17(2)27)7-8-19(16)22)20-5-3-4-6-23(20)28-12-11-26-10-9-24-15-26/h3-10,13-15,17,27H,11-12H2,1-2H3. The predicted molar refractivity (Wildman–Crippen MR) is 110 cm³/mol. The van der Waals surface area contributed by atoms with Gasteiger partial charge in [-0.3, -0.25) is 0 Å². The molecule has 0 bridgehead atoms. The summed E-state index contributed by atoms with van der Waals surface area (Å²) < 4.78 is 8.03. The lowest BCUT2D eigenvalue weighted by Gasteiger charge is -2.14. The third-order valence-electron chi connectivity index (χ3n) is 4.85. The molecule has 2 aromatic heterocycles. The van der Waals surface area contributed by atoms with E-state index in [1.165, 1.54) is 0 Å². The van der Waals surface area contributed by atoms with Crippen molar-refractivity contribution in [1.29, 1.82) is 0 Å². The van der Waals surface area contributed by atoms with Crippen LogP contribution >= 0.6 is 0 Å². The number of aliphatic hydroxyl groups excluding tert-OH is 1. The van der Waals surface area contributed by atoms with Gasteiger partial charge in [0.05, 0.1) is 30.2 Å². The molecule has 2 heterocycles. The molecule has 4 aromatic rings. The number of aromatic nitrogens is 3. The molecular weight excluding hydrogens is 350 g/mol. The number of aliphatic hydroxyl groups is 1. The van der Waals surface area contributed by atoms with Crippen molar-refractivity contribution >= 4 is 10.9 Å². The Bertz CT molecular complexity index is 1090. The zero-order chi connectivity index (χ0) is 19.5. The first-order chi connectivity index (χ1) is 13.6. The number of benzene rings is 2. The van der Waals surface area contributed by atoms with Gasteiger partial charge in [0.15, 0.2) is 0 Å². The Labute approximate surface area is 164 Å². The van der Waals surface area contributed by atoms with Gasteiger partial charge in [-0.05, 0) is 49.2 Å². The second-order valence-electron chi connectivity index (χ2n) is 6.92. The maximum atomic E-state index is 9.90. The minimum absolute atomic E-state index is 0.519. The highest BCUT2D eigenvalue weighted by Crippen LogP contribution is 2.32. The molecular formula is C23H23N3O2. The SMILES string of the molecule is Cc1cc(-c2ccccc2OCCn2ccnc2)nc2cc(C(C)O)ccc12. The van der Waals surface area contributed by atoms with E-state index in [1.807, 2.05) is 53.2 Å². The van der Waals surface area contributed by atoms with E-state index in [-0.39, 0.29) is 0 Å². The van der Waals surface area contributed by atoms with Crippen molar-refractivity contribution in [2.45, 2.75) is 26.5 Å². The lowest BCUT2D eigenvalue weighted by molar-refractivity contribution is 0.199. The minimum atomic E-state index is -0.519. The summed E-state index contributed by atoms with van der Waals surface area (Å²) in [6.07, 6.45) is 4.94. The number of fused-ring (bicyclic) bond motifs is 1. The lowest BCUT2D eigenvalue weighted by atomic mass is 10.0. The van der Waals surface area contributed by atoms with Gasteiger partial charge in [0.2, 0.25) is 0 Å². The normalized spacial score (nSPS) is 12.2. The first-order valence-corrected chi connectivity index (χ1v) is 9.39. The molecule has 0 saturated carbocycles. The first-order valence-electron chi connectivity index (χ1n) is 9.39. The molecule has 0 amide bonds. The van der Waals surface area contributed by atoms with Crippen molar-refractivity contribution in [3.8, 4) is 17.0 Å². The fourth-order valence-electron chi connectivity index (χ4n) is 3.30. The van der Waals surface area contributed by atoms with Crippen molar-refractivity contribution in [1.82, 2.24) is 14.5 Å². The maximum Gasteiger partial charge on any atom is 0.128 e. The molecule has 5 heteroatoms. The molecule has 28 heavy (non-hydrogen) atoms. The zero-order valence-electron chi connectivity index (χ0n) is 16.0. The largest absolute Gasteiger partial charge is 0.491 e. The average molecular weight is 373 g/mol. The molecule has 1 N–H and O–H groups in total. The smallest absolute Gasteiger partial charge is 0.128 e. The quantitative estimate of drug-likeness (QED) is 0.539. The van der Waals surface area contributed by atoms with Gasteiger partial charge in [0, 0.05) is 23.3 Å². The van der Waals surface area contributed by atoms with Gasteiger partial charge in [-0.2, -0.15) is 0 Å². The number of hydrogen-bond acceptors (Lipinski definition) is 4. The lowest BCUT2D eigenvalue weighted by Crippen LogP contribution is -2.07. The van der Waals surface area contributed by atoms with E-state index in [4.69, 9.17) is 9.72 Å². The van der Waals surface area contributed by atoms with Gasteiger partial charge in [-0.15, -0.1) is 0 Å². The molecule has 0 spiro atoms. The third-order valence-corrected chi connectivity index (χ3v) is 4.85. The number of ether oxygens (including phenoxy) is 1. The van der Waals surface area contributed by atoms with Gasteiger partial charge in [-0.1, -0.05) is 24.3 Å². The van der Waals surface area contributed by atoms with Crippen molar-refractivity contribution in [3.05, 3.63) is 78.4 Å². The van der Waals surface area contributed by atoms with Crippen LogP contribution in [-0.2, 0) is 6.54 Å². The summed E-state index contributed by atoms with van der Waals surface area (Å²) in [6.45, 7) is 5.13.